The van der Waals surface area contributed by atoms with E-state index < -0.39 is 0 Å². The Kier molecular flexibility index (Phi) is 4.41. The van der Waals surface area contributed by atoms with Crippen molar-refractivity contribution in [2.24, 2.45) is 0 Å². The van der Waals surface area contributed by atoms with Crippen LogP contribution in [0.3, 0.4) is 0 Å². The maximum absolute atomic E-state index is 5.74. The summed E-state index contributed by atoms with van der Waals surface area (Å²) in [4.78, 5) is 0. The molecule has 0 heterocycles. The average Bonchev–Trinajstić information content (AvgIpc) is 2.41. The van der Waals surface area contributed by atoms with E-state index in [4.69, 9.17) is 5.73 Å². The standard InChI is InChI=1S/C19H21N/c1-4-5-17(13-16-7-9-18(20)10-8-16)19-11-6-14(2)12-15(19)3/h4-12H,1,13,20H2,2-3H3/b17-5-. The number of hydrogen-bond acceptors (Lipinski definition) is 1. The molecule has 0 aromatic heterocycles. The number of aryl methyl sites for hydroxylation is 2. The van der Waals surface area contributed by atoms with Crippen molar-refractivity contribution in [2.75, 3.05) is 5.73 Å². The van der Waals surface area contributed by atoms with Gasteiger partial charge in [0.25, 0.3) is 0 Å². The molecule has 20 heavy (non-hydrogen) atoms. The Morgan fingerprint density at radius 1 is 1.10 bits per heavy atom. The lowest BCUT2D eigenvalue weighted by Crippen LogP contribution is -1.95. The van der Waals surface area contributed by atoms with Gasteiger partial charge in [-0.05, 0) is 54.7 Å². The highest BCUT2D eigenvalue weighted by Gasteiger charge is 2.06. The van der Waals surface area contributed by atoms with Crippen LogP contribution in [0.1, 0.15) is 22.3 Å². The molecule has 0 aliphatic carbocycles. The predicted octanol–water partition coefficient (Wildman–Crippen LogP) is 4.70. The molecule has 0 amide bonds. The van der Waals surface area contributed by atoms with Gasteiger partial charge < -0.3 is 5.73 Å². The number of hydrogen-bond donors (Lipinski definition) is 1. The second-order valence-electron chi connectivity index (χ2n) is 5.16. The molecule has 102 valence electrons. The van der Waals surface area contributed by atoms with Gasteiger partial charge in [-0.1, -0.05) is 54.6 Å². The summed E-state index contributed by atoms with van der Waals surface area (Å²) in [5.74, 6) is 0. The van der Waals surface area contributed by atoms with Gasteiger partial charge in [-0.3, -0.25) is 0 Å². The minimum atomic E-state index is 0.800. The highest BCUT2D eigenvalue weighted by atomic mass is 14.5. The summed E-state index contributed by atoms with van der Waals surface area (Å²) >= 11 is 0. The fourth-order valence-corrected chi connectivity index (χ4v) is 2.42. The Morgan fingerprint density at radius 2 is 1.80 bits per heavy atom. The quantitative estimate of drug-likeness (QED) is 0.628. The summed E-state index contributed by atoms with van der Waals surface area (Å²) in [7, 11) is 0. The van der Waals surface area contributed by atoms with Gasteiger partial charge in [0, 0.05) is 5.69 Å². The molecule has 0 aliphatic heterocycles. The molecule has 2 aromatic rings. The lowest BCUT2D eigenvalue weighted by atomic mass is 9.93. The van der Waals surface area contributed by atoms with Crippen LogP contribution >= 0.6 is 0 Å². The first-order valence-corrected chi connectivity index (χ1v) is 6.84. The monoisotopic (exact) mass is 263 g/mol. The van der Waals surface area contributed by atoms with Crippen LogP contribution in [0.2, 0.25) is 0 Å². The highest BCUT2D eigenvalue weighted by Crippen LogP contribution is 2.24. The number of nitrogens with two attached hydrogens (primary N) is 1. The molecule has 0 bridgehead atoms. The summed E-state index contributed by atoms with van der Waals surface area (Å²) in [6, 6.07) is 14.6. The summed E-state index contributed by atoms with van der Waals surface area (Å²) in [6.07, 6.45) is 4.83. The number of benzene rings is 2. The highest BCUT2D eigenvalue weighted by molar-refractivity contribution is 5.71. The minimum absolute atomic E-state index is 0.800. The molecule has 0 radical (unpaired) electrons. The van der Waals surface area contributed by atoms with E-state index in [-0.39, 0.29) is 0 Å². The Morgan fingerprint density at radius 3 is 2.40 bits per heavy atom. The van der Waals surface area contributed by atoms with Gasteiger partial charge in [0.2, 0.25) is 0 Å². The van der Waals surface area contributed by atoms with Crippen LogP contribution in [0.15, 0.2) is 61.2 Å². The van der Waals surface area contributed by atoms with Gasteiger partial charge in [0.05, 0.1) is 0 Å². The third-order valence-electron chi connectivity index (χ3n) is 3.42. The maximum Gasteiger partial charge on any atom is 0.0314 e. The van der Waals surface area contributed by atoms with Crippen LogP contribution in [0.25, 0.3) is 5.57 Å². The van der Waals surface area contributed by atoms with Gasteiger partial charge in [-0.15, -0.1) is 0 Å². The van der Waals surface area contributed by atoms with E-state index >= 15 is 0 Å². The second-order valence-corrected chi connectivity index (χ2v) is 5.16. The molecule has 0 saturated heterocycles. The van der Waals surface area contributed by atoms with Crippen molar-refractivity contribution in [1.82, 2.24) is 0 Å². The van der Waals surface area contributed by atoms with Gasteiger partial charge in [-0.2, -0.15) is 0 Å². The van der Waals surface area contributed by atoms with Crippen molar-refractivity contribution < 1.29 is 0 Å². The van der Waals surface area contributed by atoms with Crippen LogP contribution in [0, 0.1) is 13.8 Å². The molecule has 0 aliphatic rings. The Labute approximate surface area is 121 Å². The number of anilines is 1. The fraction of sp³-hybridized carbons (Fsp3) is 0.158. The Hall–Kier alpha value is -2.28. The number of rotatable bonds is 4. The van der Waals surface area contributed by atoms with Crippen molar-refractivity contribution in [1.29, 1.82) is 0 Å². The van der Waals surface area contributed by atoms with Gasteiger partial charge in [0.15, 0.2) is 0 Å². The fourth-order valence-electron chi connectivity index (χ4n) is 2.42. The van der Waals surface area contributed by atoms with E-state index in [0.717, 1.165) is 12.1 Å². The van der Waals surface area contributed by atoms with Crippen molar-refractivity contribution in [2.45, 2.75) is 20.3 Å². The molecular weight excluding hydrogens is 242 g/mol. The molecule has 2 N–H and O–H groups in total. The van der Waals surface area contributed by atoms with Crippen molar-refractivity contribution in [3.63, 3.8) is 0 Å². The first-order valence-electron chi connectivity index (χ1n) is 6.84. The largest absolute Gasteiger partial charge is 0.399 e. The van der Waals surface area contributed by atoms with E-state index in [9.17, 15) is 0 Å². The first kappa shape index (κ1) is 14.1. The van der Waals surface area contributed by atoms with Crippen molar-refractivity contribution in [3.8, 4) is 0 Å². The lowest BCUT2D eigenvalue weighted by molar-refractivity contribution is 1.25. The average molecular weight is 263 g/mol. The summed E-state index contributed by atoms with van der Waals surface area (Å²) in [6.45, 7) is 8.11. The van der Waals surface area contributed by atoms with Crippen molar-refractivity contribution in [3.05, 3.63) is 83.4 Å². The van der Waals surface area contributed by atoms with Crippen LogP contribution in [0.5, 0.6) is 0 Å². The molecule has 0 spiro atoms. The lowest BCUT2D eigenvalue weighted by Gasteiger charge is -2.12. The normalized spacial score (nSPS) is 11.4. The number of allylic oxidation sites excluding steroid dienone is 3. The van der Waals surface area contributed by atoms with Crippen LogP contribution in [-0.2, 0) is 6.42 Å². The zero-order valence-corrected chi connectivity index (χ0v) is 12.2. The molecule has 0 atom stereocenters. The minimum Gasteiger partial charge on any atom is -0.399 e. The van der Waals surface area contributed by atoms with Crippen molar-refractivity contribution >= 4 is 11.3 Å². The SMILES string of the molecule is C=C/C=C(/Cc1ccc(N)cc1)c1ccc(C)cc1C. The van der Waals surface area contributed by atoms with Gasteiger partial charge in [-0.25, -0.2) is 0 Å². The van der Waals surface area contributed by atoms with Crippen LogP contribution in [0.4, 0.5) is 5.69 Å². The molecule has 2 aromatic carbocycles. The smallest absolute Gasteiger partial charge is 0.0314 e. The Bertz CT molecular complexity index is 633. The van der Waals surface area contributed by atoms with E-state index in [1.807, 2.05) is 18.2 Å². The van der Waals surface area contributed by atoms with Gasteiger partial charge in [0.1, 0.15) is 0 Å². The summed E-state index contributed by atoms with van der Waals surface area (Å²) in [5.41, 5.74) is 12.9. The van der Waals surface area contributed by atoms with Crippen LogP contribution < -0.4 is 5.73 Å². The molecule has 2 rings (SSSR count). The first-order chi connectivity index (χ1) is 9.60. The van der Waals surface area contributed by atoms with Crippen LogP contribution in [-0.4, -0.2) is 0 Å². The molecule has 0 fully saturated rings. The molecule has 0 unspecified atom stereocenters. The predicted molar refractivity (Wildman–Crippen MR) is 88.6 cm³/mol. The number of nitrogen functional groups attached to an aromatic ring is 1. The zero-order chi connectivity index (χ0) is 14.5. The summed E-state index contributed by atoms with van der Waals surface area (Å²) in [5, 5.41) is 0. The van der Waals surface area contributed by atoms with E-state index in [1.54, 1.807) is 0 Å². The maximum atomic E-state index is 5.74. The van der Waals surface area contributed by atoms with E-state index in [0.29, 0.717) is 0 Å². The third-order valence-corrected chi connectivity index (χ3v) is 3.42. The molecule has 1 heteroatoms. The van der Waals surface area contributed by atoms with E-state index in [2.05, 4.69) is 56.8 Å². The Balaban J connectivity index is 2.34. The molecule has 0 saturated carbocycles. The second kappa shape index (κ2) is 6.25. The molecular formula is C19H21N. The summed E-state index contributed by atoms with van der Waals surface area (Å²) < 4.78 is 0. The van der Waals surface area contributed by atoms with Gasteiger partial charge >= 0.3 is 0 Å². The molecule has 1 nitrogen and oxygen atoms in total. The van der Waals surface area contributed by atoms with E-state index in [1.165, 1.54) is 27.8 Å². The topological polar surface area (TPSA) is 26.0 Å². The zero-order valence-electron chi connectivity index (χ0n) is 12.2. The third kappa shape index (κ3) is 3.39.